The van der Waals surface area contributed by atoms with Crippen LogP contribution in [0.5, 0.6) is 0 Å². The number of unbranched alkanes of at least 4 members (excludes halogenated alkanes) is 2. The van der Waals surface area contributed by atoms with Gasteiger partial charge in [-0.05, 0) is 75.6 Å². The molecule has 0 aliphatic rings. The Morgan fingerprint density at radius 3 is 2.00 bits per heavy atom. The first kappa shape index (κ1) is 36.6. The number of benzene rings is 1. The highest BCUT2D eigenvalue weighted by molar-refractivity contribution is 6.94. The number of carbonyl (C=O) groups is 2. The van der Waals surface area contributed by atoms with Crippen molar-refractivity contribution in [3.63, 3.8) is 0 Å². The van der Waals surface area contributed by atoms with Crippen molar-refractivity contribution in [2.45, 2.75) is 102 Å². The lowest BCUT2D eigenvalue weighted by Crippen LogP contribution is -2.50. The number of hydrogen-bond donors (Lipinski definition) is 2. The minimum atomic E-state index is -2.41. The van der Waals surface area contributed by atoms with Crippen LogP contribution in [0.1, 0.15) is 61.9 Å². The van der Waals surface area contributed by atoms with Crippen molar-refractivity contribution in [2.24, 2.45) is 0 Å². The zero-order valence-corrected chi connectivity index (χ0v) is 29.9. The summed E-state index contributed by atoms with van der Waals surface area (Å²) < 4.78 is 32.9. The average Bonchev–Trinajstić information content (AvgIpc) is 2.85. The highest BCUT2D eigenvalue weighted by Gasteiger charge is 2.42. The van der Waals surface area contributed by atoms with Crippen LogP contribution in [0.15, 0.2) is 24.3 Å². The summed E-state index contributed by atoms with van der Waals surface area (Å²) in [6, 6.07) is 9.19. The van der Waals surface area contributed by atoms with Crippen LogP contribution < -0.4 is 5.32 Å². The second kappa shape index (κ2) is 17.5. The largest absolute Gasteiger partial charge is 0.478 e. The van der Waals surface area contributed by atoms with Crippen molar-refractivity contribution in [2.75, 3.05) is 27.2 Å². The molecule has 40 heavy (non-hydrogen) atoms. The number of rotatable bonds is 21. The number of nitrogens with zero attached hydrogens (tertiary/aromatic N) is 1. The van der Waals surface area contributed by atoms with E-state index in [-0.39, 0.29) is 5.91 Å². The molecule has 0 heterocycles. The Kier molecular flexibility index (Phi) is 16.0. The zero-order valence-electron chi connectivity index (χ0n) is 25.9. The van der Waals surface area contributed by atoms with Gasteiger partial charge in [0, 0.05) is 29.9 Å². The first-order valence-electron chi connectivity index (χ1n) is 14.7. The summed E-state index contributed by atoms with van der Waals surface area (Å²) in [5, 5.41) is 12.1. The van der Waals surface area contributed by atoms with Crippen LogP contribution in [0.25, 0.3) is 0 Å². The van der Waals surface area contributed by atoms with E-state index < -0.39 is 40.0 Å². The number of carbonyl (C=O) groups excluding carboxylic acids is 1. The molecule has 0 aliphatic heterocycles. The van der Waals surface area contributed by atoms with Crippen molar-refractivity contribution < 1.29 is 32.2 Å². The first-order valence-corrected chi connectivity index (χ1v) is 24.3. The maximum Gasteiger partial charge on any atom is 0.335 e. The normalized spacial score (nSPS) is 12.3. The van der Waals surface area contributed by atoms with E-state index in [4.69, 9.17) is 9.22 Å². The molecule has 8 nitrogen and oxygen atoms in total. The van der Waals surface area contributed by atoms with Crippen LogP contribution in [-0.2, 0) is 24.4 Å². The summed E-state index contributed by atoms with van der Waals surface area (Å²) in [5.41, 5.74) is 2.65. The molecule has 0 radical (unpaired) electrons. The number of carboxylic acid groups (broad SMARTS) is 1. The van der Waals surface area contributed by atoms with Crippen LogP contribution in [0.3, 0.4) is 0 Å². The highest BCUT2D eigenvalue weighted by Crippen LogP contribution is 2.29. The maximum absolute atomic E-state index is 12.7. The van der Waals surface area contributed by atoms with Gasteiger partial charge in [-0.1, -0.05) is 26.0 Å². The molecule has 0 aromatic heterocycles. The molecule has 0 unspecified atom stereocenters. The van der Waals surface area contributed by atoms with E-state index in [1.807, 2.05) is 26.0 Å². The van der Waals surface area contributed by atoms with Crippen molar-refractivity contribution >= 4 is 45.9 Å². The third-order valence-electron chi connectivity index (χ3n) is 6.96. The molecule has 0 fully saturated rings. The van der Waals surface area contributed by atoms with Crippen LogP contribution in [0.4, 0.5) is 0 Å². The van der Waals surface area contributed by atoms with Gasteiger partial charge in [0.05, 0.1) is 26.2 Å². The van der Waals surface area contributed by atoms with Gasteiger partial charge in [0.1, 0.15) is 6.54 Å². The van der Waals surface area contributed by atoms with Gasteiger partial charge in [0.25, 0.3) is 17.4 Å². The first-order chi connectivity index (χ1) is 18.6. The molecule has 0 saturated heterocycles. The molecular weight excluding hydrogens is 573 g/mol. The van der Waals surface area contributed by atoms with Crippen molar-refractivity contribution in [1.29, 1.82) is 0 Å². The predicted octanol–water partition coefficient (Wildman–Crippen LogP) is 5.79. The lowest BCUT2D eigenvalue weighted by atomic mass is 10.1. The topological polar surface area (TPSA) is 110 Å². The van der Waals surface area contributed by atoms with E-state index in [2.05, 4.69) is 39.1 Å². The van der Waals surface area contributed by atoms with Crippen LogP contribution in [-0.4, -0.2) is 82.7 Å². The monoisotopic (exact) mass is 625 g/mol. The summed E-state index contributed by atoms with van der Waals surface area (Å²) in [6.45, 7) is 12.8. The van der Waals surface area contributed by atoms with E-state index >= 15 is 0 Å². The van der Waals surface area contributed by atoms with Crippen molar-refractivity contribution in [3.8, 4) is 0 Å². The van der Waals surface area contributed by atoms with E-state index in [0.29, 0.717) is 42.0 Å². The zero-order chi connectivity index (χ0) is 30.4. The number of amides is 1. The second-order valence-corrected chi connectivity index (χ2v) is 26.9. The molecule has 0 saturated carbocycles. The van der Waals surface area contributed by atoms with E-state index in [9.17, 15) is 18.5 Å². The summed E-state index contributed by atoms with van der Waals surface area (Å²) in [7, 11) is -3.44. The Bertz CT molecular complexity index is 962. The third kappa shape index (κ3) is 15.5. The van der Waals surface area contributed by atoms with Crippen molar-refractivity contribution in [1.82, 2.24) is 5.32 Å². The van der Waals surface area contributed by atoms with Gasteiger partial charge in [0.15, 0.2) is 16.6 Å². The molecule has 2 N–H and O–H groups in total. The Hall–Kier alpha value is -1.45. The van der Waals surface area contributed by atoms with E-state index in [1.54, 1.807) is 12.1 Å². The molecule has 0 aliphatic carbocycles. The number of quaternary nitrogens is 1. The van der Waals surface area contributed by atoms with Gasteiger partial charge in [-0.3, -0.25) is 4.79 Å². The number of hydrogen-bond acceptors (Lipinski definition) is 5. The fraction of sp³-hybridized carbons (Fsp3) is 0.714. The van der Waals surface area contributed by atoms with Crippen LogP contribution >= 0.6 is 0 Å². The molecule has 1 aromatic carbocycles. The minimum absolute atomic E-state index is 0.0647. The van der Waals surface area contributed by atoms with Gasteiger partial charge in [0.2, 0.25) is 5.91 Å². The quantitative estimate of drug-likeness (QED) is 0.102. The molecule has 0 atom stereocenters. The average molecular weight is 626 g/mol. The van der Waals surface area contributed by atoms with Gasteiger partial charge in [-0.25, -0.2) is 4.79 Å². The molecule has 1 rings (SSSR count). The fourth-order valence-electron chi connectivity index (χ4n) is 5.04. The SMILES string of the molecule is CC[Si](=O)C[Si](CCCNC(=O)CCCCC[N+](C)(C)Cc1ccc(C(=O)O)cc1)(C[Si](=O)CC)O[Si](C)(C)C. The molecule has 0 bridgehead atoms. The summed E-state index contributed by atoms with van der Waals surface area (Å²) in [6.07, 6.45) is 4.12. The summed E-state index contributed by atoms with van der Waals surface area (Å²) >= 11 is 0. The lowest BCUT2D eigenvalue weighted by Gasteiger charge is -2.37. The Balaban J connectivity index is 2.46. The third-order valence-corrected chi connectivity index (χ3v) is 22.3. The van der Waals surface area contributed by atoms with Crippen molar-refractivity contribution in [3.05, 3.63) is 35.4 Å². The number of aromatic carboxylic acids is 1. The Labute approximate surface area is 247 Å². The lowest BCUT2D eigenvalue weighted by molar-refractivity contribution is -0.903. The number of carboxylic acids is 1. The highest BCUT2D eigenvalue weighted by atomic mass is 28.5. The molecule has 1 amide bonds. The van der Waals surface area contributed by atoms with Gasteiger partial charge < -0.3 is 27.9 Å². The summed E-state index contributed by atoms with van der Waals surface area (Å²) in [5.74, 6) is -0.846. The predicted molar refractivity (Wildman–Crippen MR) is 169 cm³/mol. The molecule has 226 valence electrons. The standard InChI is InChI=1S/C28H52N2O6Si4/c1-8-37(34)23-40(24-38(35)9-2,36-39(5,6)7)21-13-19-29-27(31)14-11-10-12-20-30(3,4)22-25-15-17-26(18-16-25)28(32)33/h15-18H,8-14,19-24H2,1-7H3,(H-,29,31,32,33)/p+1. The Morgan fingerprint density at radius 1 is 0.925 bits per heavy atom. The van der Waals surface area contributed by atoms with Gasteiger partial charge in [-0.15, -0.1) is 0 Å². The minimum Gasteiger partial charge on any atom is -0.478 e. The smallest absolute Gasteiger partial charge is 0.335 e. The van der Waals surface area contributed by atoms with Crippen LogP contribution in [0, 0.1) is 0 Å². The van der Waals surface area contributed by atoms with E-state index in [1.165, 1.54) is 0 Å². The molecule has 0 spiro atoms. The summed E-state index contributed by atoms with van der Waals surface area (Å²) in [4.78, 5) is 23.5. The molecular formula is C28H53N2O6Si4+. The molecule has 1 aromatic rings. The Morgan fingerprint density at radius 2 is 1.50 bits per heavy atom. The fourth-order valence-corrected chi connectivity index (χ4v) is 24.1. The number of nitrogens with one attached hydrogen (secondary N) is 1. The van der Waals surface area contributed by atoms with Gasteiger partial charge >= 0.3 is 5.97 Å². The second-order valence-electron chi connectivity index (χ2n) is 12.6. The van der Waals surface area contributed by atoms with E-state index in [0.717, 1.165) is 54.9 Å². The molecule has 12 heteroatoms. The maximum atomic E-state index is 12.7. The van der Waals surface area contributed by atoms with Crippen LogP contribution in [0.2, 0.25) is 49.1 Å². The van der Waals surface area contributed by atoms with Gasteiger partial charge in [-0.2, -0.15) is 0 Å².